The average molecular weight is 452 g/mol. The van der Waals surface area contributed by atoms with Gasteiger partial charge >= 0.3 is 12.1 Å². The Bertz CT molecular complexity index is 1050. The first-order valence-electron chi connectivity index (χ1n) is 8.31. The summed E-state index contributed by atoms with van der Waals surface area (Å²) in [6.07, 6.45) is -9.66. The summed E-state index contributed by atoms with van der Waals surface area (Å²) in [6.45, 7) is 1.44. The molecular weight excluding hydrogens is 440 g/mol. The van der Waals surface area contributed by atoms with Gasteiger partial charge in [-0.25, -0.2) is 18.0 Å². The van der Waals surface area contributed by atoms with Crippen LogP contribution in [-0.2, 0) is 10.4 Å². The second-order valence-corrected chi connectivity index (χ2v) is 7.06. The van der Waals surface area contributed by atoms with Crippen LogP contribution in [0.2, 0.25) is 5.02 Å². The largest absolute Gasteiger partial charge is 0.478 e. The molecule has 0 spiro atoms. The molecule has 11 heteroatoms. The van der Waals surface area contributed by atoms with E-state index in [0.29, 0.717) is 12.1 Å². The van der Waals surface area contributed by atoms with Crippen LogP contribution in [-0.4, -0.2) is 23.0 Å². The smallest absolute Gasteiger partial charge is 0.435 e. The van der Waals surface area contributed by atoms with Crippen LogP contribution in [0.15, 0.2) is 35.5 Å². The number of hydrogen-bond donors (Lipinski definition) is 1. The topological polar surface area (TPSA) is 58.9 Å². The minimum absolute atomic E-state index is 0.0668. The highest BCUT2D eigenvalue weighted by atomic mass is 35.5. The monoisotopic (exact) mass is 451 g/mol. The van der Waals surface area contributed by atoms with Gasteiger partial charge < -0.3 is 9.94 Å². The maximum absolute atomic E-state index is 14.6. The summed E-state index contributed by atoms with van der Waals surface area (Å²) in [7, 11) is 0. The molecule has 0 saturated heterocycles. The molecular formula is C19H12ClF6NO3. The summed E-state index contributed by atoms with van der Waals surface area (Å²) in [5.41, 5.74) is -5.84. The Hall–Kier alpha value is -2.75. The van der Waals surface area contributed by atoms with E-state index in [9.17, 15) is 31.1 Å². The van der Waals surface area contributed by atoms with Crippen molar-refractivity contribution in [2.75, 3.05) is 0 Å². The van der Waals surface area contributed by atoms with E-state index in [4.69, 9.17) is 16.7 Å². The number of halogens is 7. The minimum atomic E-state index is -5.24. The van der Waals surface area contributed by atoms with E-state index < -0.39 is 52.6 Å². The molecule has 1 heterocycles. The Morgan fingerprint density at radius 3 is 2.47 bits per heavy atom. The molecule has 1 N–H and O–H groups in total. The number of alkyl halides is 5. The Labute approximate surface area is 170 Å². The van der Waals surface area contributed by atoms with Crippen LogP contribution in [0, 0.1) is 12.7 Å². The van der Waals surface area contributed by atoms with E-state index in [2.05, 4.69) is 9.99 Å². The molecule has 4 nitrogen and oxygen atoms in total. The molecule has 0 bridgehead atoms. The average Bonchev–Trinajstić information content (AvgIpc) is 3.09. The van der Waals surface area contributed by atoms with E-state index in [1.54, 1.807) is 0 Å². The van der Waals surface area contributed by atoms with Crippen molar-refractivity contribution in [3.63, 3.8) is 0 Å². The van der Waals surface area contributed by atoms with Gasteiger partial charge in [-0.3, -0.25) is 0 Å². The second-order valence-electron chi connectivity index (χ2n) is 6.62. The normalized spacial score (nSPS) is 19.0. The number of rotatable bonds is 4. The molecule has 2 aromatic rings. The van der Waals surface area contributed by atoms with Crippen LogP contribution in [0.3, 0.4) is 0 Å². The van der Waals surface area contributed by atoms with E-state index in [1.807, 2.05) is 0 Å². The highest BCUT2D eigenvalue weighted by Gasteiger charge is 2.63. The van der Waals surface area contributed by atoms with Crippen LogP contribution in [0.25, 0.3) is 0 Å². The van der Waals surface area contributed by atoms with Crippen molar-refractivity contribution < 1.29 is 41.1 Å². The zero-order chi connectivity index (χ0) is 22.4. The number of aryl methyl sites for hydroxylation is 1. The predicted octanol–water partition coefficient (Wildman–Crippen LogP) is 6.01. The number of carboxylic acids is 1. The van der Waals surface area contributed by atoms with Crippen molar-refractivity contribution in [1.82, 2.24) is 0 Å². The Morgan fingerprint density at radius 1 is 1.27 bits per heavy atom. The first kappa shape index (κ1) is 21.9. The van der Waals surface area contributed by atoms with Gasteiger partial charge in [0, 0.05) is 10.6 Å². The lowest BCUT2D eigenvalue weighted by Crippen LogP contribution is -2.43. The molecule has 0 aromatic heterocycles. The summed E-state index contributed by atoms with van der Waals surface area (Å²) in [6, 6.07) is 4.81. The van der Waals surface area contributed by atoms with Gasteiger partial charge in [0.1, 0.15) is 5.82 Å². The summed E-state index contributed by atoms with van der Waals surface area (Å²) >= 11 is 5.66. The van der Waals surface area contributed by atoms with E-state index in [0.717, 1.165) is 0 Å². The summed E-state index contributed by atoms with van der Waals surface area (Å²) < 4.78 is 82.8. The quantitative estimate of drug-likeness (QED) is 0.579. The Balaban J connectivity index is 2.10. The van der Waals surface area contributed by atoms with Crippen molar-refractivity contribution in [1.29, 1.82) is 0 Å². The summed E-state index contributed by atoms with van der Waals surface area (Å²) in [5.74, 6) is -3.02. The van der Waals surface area contributed by atoms with Gasteiger partial charge in [-0.15, -0.1) is 0 Å². The van der Waals surface area contributed by atoms with Gasteiger partial charge in [0.15, 0.2) is 0 Å². The first-order chi connectivity index (χ1) is 13.9. The molecule has 0 fully saturated rings. The molecule has 3 rings (SSSR count). The van der Waals surface area contributed by atoms with E-state index >= 15 is 0 Å². The predicted molar refractivity (Wildman–Crippen MR) is 94.5 cm³/mol. The fourth-order valence-electron chi connectivity index (χ4n) is 3.18. The molecule has 30 heavy (non-hydrogen) atoms. The number of carboxylic acid groups (broad SMARTS) is 1. The third kappa shape index (κ3) is 3.60. The molecule has 160 valence electrons. The van der Waals surface area contributed by atoms with Gasteiger partial charge in [0.2, 0.25) is 0 Å². The number of benzene rings is 2. The zero-order valence-electron chi connectivity index (χ0n) is 15.0. The van der Waals surface area contributed by atoms with Gasteiger partial charge in [-0.05, 0) is 42.3 Å². The SMILES string of the molecule is Cc1cc(C2=NOC(c3cc(Cl)cc(C(F)F)c3F)(C(F)(F)F)C2)ccc1C(=O)O. The number of carbonyl (C=O) groups is 1. The number of hydrogen-bond acceptors (Lipinski definition) is 3. The van der Waals surface area contributed by atoms with Crippen LogP contribution in [0.5, 0.6) is 0 Å². The lowest BCUT2D eigenvalue weighted by molar-refractivity contribution is -0.276. The third-order valence-corrected chi connectivity index (χ3v) is 4.93. The van der Waals surface area contributed by atoms with Gasteiger partial charge in [-0.1, -0.05) is 22.8 Å². The first-order valence-corrected chi connectivity index (χ1v) is 8.69. The van der Waals surface area contributed by atoms with Gasteiger partial charge in [-0.2, -0.15) is 13.2 Å². The van der Waals surface area contributed by atoms with Crippen LogP contribution >= 0.6 is 11.6 Å². The number of aromatic carboxylic acids is 1. The molecule has 0 aliphatic carbocycles. The van der Waals surface area contributed by atoms with Crippen molar-refractivity contribution >= 4 is 23.3 Å². The number of nitrogens with zero attached hydrogens (tertiary/aromatic N) is 1. The standard InChI is InChI=1S/C19H12ClF6NO3/c1-8-4-9(2-3-11(8)17(28)29)14-7-18(30-27-14,19(24,25)26)13-6-10(20)5-12(15(13)21)16(22)23/h2-6,16H,7H2,1H3,(H,28,29). The van der Waals surface area contributed by atoms with Crippen molar-refractivity contribution in [2.24, 2.45) is 5.16 Å². The highest BCUT2D eigenvalue weighted by molar-refractivity contribution is 6.30. The summed E-state index contributed by atoms with van der Waals surface area (Å²) in [4.78, 5) is 15.8. The van der Waals surface area contributed by atoms with E-state index in [-0.39, 0.29) is 22.4 Å². The number of oxime groups is 1. The van der Waals surface area contributed by atoms with Crippen molar-refractivity contribution in [2.45, 2.75) is 31.5 Å². The Kier molecular flexibility index (Phi) is 5.48. The molecule has 1 atom stereocenters. The van der Waals surface area contributed by atoms with Crippen molar-refractivity contribution in [3.8, 4) is 0 Å². The molecule has 0 amide bonds. The zero-order valence-corrected chi connectivity index (χ0v) is 15.8. The van der Waals surface area contributed by atoms with Crippen LogP contribution < -0.4 is 0 Å². The minimum Gasteiger partial charge on any atom is -0.478 e. The molecule has 1 aliphatic heterocycles. The molecule has 1 aliphatic rings. The Morgan fingerprint density at radius 2 is 1.93 bits per heavy atom. The maximum atomic E-state index is 14.6. The fourth-order valence-corrected chi connectivity index (χ4v) is 3.41. The highest BCUT2D eigenvalue weighted by Crippen LogP contribution is 2.51. The second kappa shape index (κ2) is 7.50. The van der Waals surface area contributed by atoms with Crippen LogP contribution in [0.1, 0.15) is 45.5 Å². The lowest BCUT2D eigenvalue weighted by Gasteiger charge is -2.30. The molecule has 1 unspecified atom stereocenters. The molecule has 2 aromatic carbocycles. The van der Waals surface area contributed by atoms with Gasteiger partial charge in [0.05, 0.1) is 23.3 Å². The maximum Gasteiger partial charge on any atom is 0.435 e. The fraction of sp³-hybridized carbons (Fsp3) is 0.263. The van der Waals surface area contributed by atoms with Crippen molar-refractivity contribution in [3.05, 3.63) is 69.0 Å². The molecule has 0 radical (unpaired) electrons. The lowest BCUT2D eigenvalue weighted by atomic mass is 9.85. The third-order valence-electron chi connectivity index (χ3n) is 4.71. The molecule has 0 saturated carbocycles. The summed E-state index contributed by atoms with van der Waals surface area (Å²) in [5, 5.41) is 12.0. The van der Waals surface area contributed by atoms with Crippen LogP contribution in [0.4, 0.5) is 26.3 Å². The van der Waals surface area contributed by atoms with Gasteiger partial charge in [0.25, 0.3) is 12.0 Å². The van der Waals surface area contributed by atoms with E-state index in [1.165, 1.54) is 25.1 Å².